The molecular weight excluding hydrogens is 326 g/mol. The second-order valence-corrected chi connectivity index (χ2v) is 7.74. The zero-order valence-corrected chi connectivity index (χ0v) is 17.5. The number of nitrogens with zero attached hydrogens (tertiary/aromatic N) is 1. The number of para-hydroxylation sites is 1. The smallest absolute Gasteiger partial charge is 0.0496 e. The first-order valence-electron chi connectivity index (χ1n) is 9.96. The van der Waals surface area contributed by atoms with Gasteiger partial charge in [0.05, 0.1) is 0 Å². The van der Waals surface area contributed by atoms with E-state index in [2.05, 4.69) is 107 Å². The quantitative estimate of drug-likeness (QED) is 0.448. The molecule has 0 aliphatic heterocycles. The summed E-state index contributed by atoms with van der Waals surface area (Å²) in [6.07, 6.45) is 1.13. The molecule has 0 amide bonds. The lowest BCUT2D eigenvalue weighted by Gasteiger charge is -2.30. The van der Waals surface area contributed by atoms with Gasteiger partial charge in [0.2, 0.25) is 0 Å². The molecule has 0 aromatic heterocycles. The third-order valence-corrected chi connectivity index (χ3v) is 5.82. The minimum absolute atomic E-state index is 0.516. The van der Waals surface area contributed by atoms with Gasteiger partial charge < -0.3 is 4.90 Å². The van der Waals surface area contributed by atoms with Gasteiger partial charge in [-0.2, -0.15) is 0 Å². The van der Waals surface area contributed by atoms with E-state index in [0.29, 0.717) is 5.92 Å². The summed E-state index contributed by atoms with van der Waals surface area (Å²) in [6.45, 7) is 13.3. The van der Waals surface area contributed by atoms with Gasteiger partial charge in [-0.15, -0.1) is 0 Å². The third kappa shape index (κ3) is 3.93. The molecule has 1 atom stereocenters. The largest absolute Gasteiger partial charge is 0.310 e. The molecule has 1 unspecified atom stereocenters. The molecule has 140 valence electrons. The summed E-state index contributed by atoms with van der Waals surface area (Å²) in [5, 5.41) is 0. The lowest BCUT2D eigenvalue weighted by molar-refractivity contribution is 0.733. The maximum absolute atomic E-state index is 2.42. The summed E-state index contributed by atoms with van der Waals surface area (Å²) in [6, 6.07) is 22.4. The normalized spacial score (nSPS) is 12.1. The van der Waals surface area contributed by atoms with Gasteiger partial charge in [0, 0.05) is 17.1 Å². The van der Waals surface area contributed by atoms with Gasteiger partial charge in [-0.25, -0.2) is 0 Å². The van der Waals surface area contributed by atoms with E-state index in [9.17, 15) is 0 Å². The molecule has 3 rings (SSSR count). The van der Waals surface area contributed by atoms with Gasteiger partial charge in [-0.1, -0.05) is 44.2 Å². The van der Waals surface area contributed by atoms with Crippen molar-refractivity contribution < 1.29 is 0 Å². The maximum Gasteiger partial charge on any atom is 0.0496 e. The Hall–Kier alpha value is -2.54. The van der Waals surface area contributed by atoms with Crippen molar-refractivity contribution in [2.24, 2.45) is 0 Å². The van der Waals surface area contributed by atoms with E-state index in [4.69, 9.17) is 0 Å². The molecule has 0 bridgehead atoms. The highest BCUT2D eigenvalue weighted by atomic mass is 15.1. The average Bonchev–Trinajstić information content (AvgIpc) is 2.67. The Morgan fingerprint density at radius 3 is 1.70 bits per heavy atom. The van der Waals surface area contributed by atoms with Crippen LogP contribution in [-0.4, -0.2) is 0 Å². The zero-order valence-electron chi connectivity index (χ0n) is 17.5. The molecule has 27 heavy (non-hydrogen) atoms. The maximum atomic E-state index is 2.42. The lowest BCUT2D eigenvalue weighted by Crippen LogP contribution is -2.13. The van der Waals surface area contributed by atoms with Gasteiger partial charge in [0.25, 0.3) is 0 Å². The van der Waals surface area contributed by atoms with E-state index in [-0.39, 0.29) is 0 Å². The predicted octanol–water partition coefficient (Wildman–Crippen LogP) is 7.90. The molecular formula is C26H31N. The number of rotatable bonds is 5. The molecule has 3 aromatic rings. The van der Waals surface area contributed by atoms with Crippen molar-refractivity contribution in [2.75, 3.05) is 4.90 Å². The van der Waals surface area contributed by atoms with Gasteiger partial charge in [0.15, 0.2) is 0 Å². The fourth-order valence-electron chi connectivity index (χ4n) is 3.48. The first-order chi connectivity index (χ1) is 12.9. The molecule has 0 radical (unpaired) electrons. The Balaban J connectivity index is 2.25. The number of hydrogen-bond donors (Lipinski definition) is 0. The average molecular weight is 358 g/mol. The highest BCUT2D eigenvalue weighted by molar-refractivity contribution is 5.79. The van der Waals surface area contributed by atoms with Gasteiger partial charge in [0.1, 0.15) is 0 Å². The molecule has 3 aromatic carbocycles. The fraction of sp³-hybridized carbons (Fsp3) is 0.308. The lowest BCUT2D eigenvalue weighted by atomic mass is 9.95. The monoisotopic (exact) mass is 357 g/mol. The topological polar surface area (TPSA) is 3.24 Å². The van der Waals surface area contributed by atoms with Crippen molar-refractivity contribution in [1.29, 1.82) is 0 Å². The van der Waals surface area contributed by atoms with Crippen LogP contribution in [0.5, 0.6) is 0 Å². The van der Waals surface area contributed by atoms with Crippen LogP contribution in [-0.2, 0) is 0 Å². The van der Waals surface area contributed by atoms with Crippen LogP contribution in [0.2, 0.25) is 0 Å². The van der Waals surface area contributed by atoms with Crippen LogP contribution in [0.25, 0.3) is 0 Å². The number of aryl methyl sites for hydroxylation is 4. The van der Waals surface area contributed by atoms with Crippen molar-refractivity contribution >= 4 is 17.1 Å². The van der Waals surface area contributed by atoms with E-state index in [1.54, 1.807) is 0 Å². The van der Waals surface area contributed by atoms with Crippen LogP contribution in [0.15, 0.2) is 60.7 Å². The highest BCUT2D eigenvalue weighted by Gasteiger charge is 2.19. The Morgan fingerprint density at radius 1 is 0.704 bits per heavy atom. The summed E-state index contributed by atoms with van der Waals surface area (Å²) in [4.78, 5) is 2.42. The predicted molar refractivity (Wildman–Crippen MR) is 119 cm³/mol. The van der Waals surface area contributed by atoms with Crippen molar-refractivity contribution in [3.63, 3.8) is 0 Å². The van der Waals surface area contributed by atoms with Crippen LogP contribution >= 0.6 is 0 Å². The van der Waals surface area contributed by atoms with Crippen molar-refractivity contribution in [2.45, 2.75) is 53.9 Å². The Kier molecular flexibility index (Phi) is 5.70. The molecule has 0 aliphatic rings. The van der Waals surface area contributed by atoms with E-state index in [0.717, 1.165) is 6.42 Å². The van der Waals surface area contributed by atoms with Crippen LogP contribution in [0.1, 0.15) is 54.0 Å². The summed E-state index contributed by atoms with van der Waals surface area (Å²) >= 11 is 0. The van der Waals surface area contributed by atoms with E-state index in [1.165, 1.54) is 44.9 Å². The Bertz CT molecular complexity index is 887. The minimum Gasteiger partial charge on any atom is -0.310 e. The van der Waals surface area contributed by atoms with Crippen molar-refractivity contribution in [1.82, 2.24) is 0 Å². The summed E-state index contributed by atoms with van der Waals surface area (Å²) < 4.78 is 0. The van der Waals surface area contributed by atoms with Crippen LogP contribution in [0, 0.1) is 27.7 Å². The van der Waals surface area contributed by atoms with Crippen LogP contribution in [0.3, 0.4) is 0 Å². The molecule has 0 saturated heterocycles. The first kappa shape index (κ1) is 19.2. The van der Waals surface area contributed by atoms with E-state index >= 15 is 0 Å². The van der Waals surface area contributed by atoms with Gasteiger partial charge in [-0.05, 0) is 98.2 Å². The van der Waals surface area contributed by atoms with Crippen molar-refractivity contribution in [3.8, 4) is 0 Å². The molecule has 0 saturated carbocycles. The summed E-state index contributed by atoms with van der Waals surface area (Å²) in [7, 11) is 0. The number of benzene rings is 3. The Labute approximate surface area is 164 Å². The fourth-order valence-corrected chi connectivity index (χ4v) is 3.48. The Morgan fingerprint density at radius 2 is 1.22 bits per heavy atom. The number of hydrogen-bond acceptors (Lipinski definition) is 1. The molecule has 0 heterocycles. The van der Waals surface area contributed by atoms with E-state index < -0.39 is 0 Å². The summed E-state index contributed by atoms with van der Waals surface area (Å²) in [5.41, 5.74) is 10.4. The molecule has 0 N–H and O–H groups in total. The molecule has 0 aliphatic carbocycles. The second-order valence-electron chi connectivity index (χ2n) is 7.74. The third-order valence-electron chi connectivity index (χ3n) is 5.82. The number of anilines is 3. The van der Waals surface area contributed by atoms with Gasteiger partial charge in [-0.3, -0.25) is 0 Å². The second kappa shape index (κ2) is 8.00. The van der Waals surface area contributed by atoms with Gasteiger partial charge >= 0.3 is 0 Å². The standard InChI is InChI=1S/C26H31N/c1-7-18(2)25-10-8-9-11-26(25)27(23-14-12-19(3)21(5)16-23)24-15-13-20(4)22(6)17-24/h8-18H,7H2,1-6H3. The molecule has 0 fully saturated rings. The van der Waals surface area contributed by atoms with Crippen molar-refractivity contribution in [3.05, 3.63) is 88.5 Å². The highest BCUT2D eigenvalue weighted by Crippen LogP contribution is 2.40. The zero-order chi connectivity index (χ0) is 19.6. The summed E-state index contributed by atoms with van der Waals surface area (Å²) in [5.74, 6) is 0.516. The van der Waals surface area contributed by atoms with E-state index in [1.807, 2.05) is 0 Å². The molecule has 0 spiro atoms. The molecule has 1 heteroatoms. The molecule has 1 nitrogen and oxygen atoms in total. The first-order valence-corrected chi connectivity index (χ1v) is 9.96. The SMILES string of the molecule is CCC(C)c1ccccc1N(c1ccc(C)c(C)c1)c1ccc(C)c(C)c1. The van der Waals surface area contributed by atoms with Crippen LogP contribution < -0.4 is 4.90 Å². The minimum atomic E-state index is 0.516. The van der Waals surface area contributed by atoms with Crippen LogP contribution in [0.4, 0.5) is 17.1 Å².